The number of methoxy groups -OCH3 is 1. The largest absolute Gasteiger partial charge is 0.520 e. The number of nitrogens with one attached hydrogen (secondary N) is 1. The first-order chi connectivity index (χ1) is 9.49. The second-order valence-electron chi connectivity index (χ2n) is 3.71. The third kappa shape index (κ3) is 7.41. The molecule has 8 heteroatoms. The van der Waals surface area contributed by atoms with E-state index in [0.717, 1.165) is 0 Å². The van der Waals surface area contributed by atoms with Crippen LogP contribution in [0.25, 0.3) is 0 Å². The Balaban J connectivity index is 0. The molecule has 1 unspecified atom stereocenters. The third-order valence-corrected chi connectivity index (χ3v) is 2.21. The predicted molar refractivity (Wildman–Crippen MR) is 76.3 cm³/mol. The number of hydrogen-bond acceptors (Lipinski definition) is 4. The minimum Gasteiger partial charge on any atom is -0.520 e. The monoisotopic (exact) mass is 559 g/mol. The molecule has 21 heavy (non-hydrogen) atoms. The predicted octanol–water partition coefficient (Wildman–Crippen LogP) is 1.47. The summed E-state index contributed by atoms with van der Waals surface area (Å²) in [4.78, 5) is 20.9. The Morgan fingerprint density at radius 2 is 2.10 bits per heavy atom. The van der Waals surface area contributed by atoms with Crippen LogP contribution in [0.3, 0.4) is 0 Å². The van der Waals surface area contributed by atoms with Crippen LogP contribution in [-0.4, -0.2) is 43.1 Å². The molecule has 5 nitrogen and oxygen atoms in total. The number of rotatable bonds is 6. The summed E-state index contributed by atoms with van der Waals surface area (Å²) < 4.78 is 18.3. The van der Waals surface area contributed by atoms with Crippen LogP contribution in [0.4, 0.5) is 4.39 Å². The first-order valence-electron chi connectivity index (χ1n) is 5.58. The van der Waals surface area contributed by atoms with Crippen LogP contribution in [0.5, 0.6) is 5.75 Å². The normalized spacial score (nSPS) is 10.3. The number of hydrogen-bond donors (Lipinski definition) is 2. The van der Waals surface area contributed by atoms with Crippen molar-refractivity contribution in [3.8, 4) is 5.75 Å². The molecule has 0 aliphatic heterocycles. The Morgan fingerprint density at radius 1 is 1.52 bits per heavy atom. The molecule has 124 valence electrons. The summed E-state index contributed by atoms with van der Waals surface area (Å²) in [6, 6.07) is 2.78. The van der Waals surface area contributed by atoms with Gasteiger partial charge in [-0.25, -0.2) is 4.39 Å². The number of ether oxygens (including phenoxy) is 1. The first-order valence-corrected chi connectivity index (χ1v) is 7.21. The first kappa shape index (κ1) is 20.6. The fraction of sp³-hybridized carbons (Fsp3) is 0.385. The van der Waals surface area contributed by atoms with Crippen molar-refractivity contribution in [2.45, 2.75) is 12.5 Å². The van der Waals surface area contributed by atoms with Crippen LogP contribution in [0, 0.1) is 5.82 Å². The molecule has 0 spiro atoms. The van der Waals surface area contributed by atoms with Crippen molar-refractivity contribution >= 4 is 24.1 Å². The van der Waals surface area contributed by atoms with Gasteiger partial charge < -0.3 is 20.0 Å². The molecule has 0 aliphatic carbocycles. The van der Waals surface area contributed by atoms with Crippen molar-refractivity contribution < 1.29 is 23.8 Å². The molecule has 0 saturated heterocycles. The van der Waals surface area contributed by atoms with E-state index in [9.17, 15) is 14.0 Å². The van der Waals surface area contributed by atoms with E-state index in [0.29, 0.717) is 5.75 Å². The summed E-state index contributed by atoms with van der Waals surface area (Å²) in [6.07, 6.45) is 5.19. The maximum atomic E-state index is 13.4. The molecule has 0 aliphatic rings. The zero-order chi connectivity index (χ0) is 15.5. The average Bonchev–Trinajstić information content (AvgIpc) is 2.41. The number of carboxylic acid groups (broad SMARTS) is 1. The molecule has 1 atom stereocenters. The number of carboxylic acids is 1. The molecular weight excluding hydrogens is 542 g/mol. The molecule has 0 fully saturated rings. The minimum absolute atomic E-state index is 0. The molecule has 0 saturated carbocycles. The van der Waals surface area contributed by atoms with Gasteiger partial charge in [0.05, 0.1) is 7.11 Å². The van der Waals surface area contributed by atoms with Crippen LogP contribution in [0.15, 0.2) is 18.2 Å². The standard InChI is InChI=1S/C11H11FNO4.C2H6S.Fm/c1-17-8-2-3-9(12)7(4-8)5-10(11(15)16)13-6-14;1-3-2;/h2-4,10H,5H2,1H3,(H,13,14)(H,15,16);1-2H3;/q-1;;. The Bertz CT molecular complexity index is 448. The molecule has 0 heterocycles. The maximum absolute atomic E-state index is 13.4. The number of amides is 1. The van der Waals surface area contributed by atoms with Crippen molar-refractivity contribution in [3.63, 3.8) is 0 Å². The molecule has 0 bridgehead atoms. The minimum atomic E-state index is -1.25. The average molecular weight is 559 g/mol. The van der Waals surface area contributed by atoms with Gasteiger partial charge in [0.15, 0.2) is 0 Å². The van der Waals surface area contributed by atoms with Crippen LogP contribution < -0.4 is 10.1 Å². The van der Waals surface area contributed by atoms with E-state index in [1.165, 1.54) is 31.7 Å². The fourth-order valence-corrected chi connectivity index (χ4v) is 1.33. The summed E-state index contributed by atoms with van der Waals surface area (Å²) in [7, 11) is 1.42. The van der Waals surface area contributed by atoms with Gasteiger partial charge in [0.25, 0.3) is 0 Å². The van der Waals surface area contributed by atoms with Gasteiger partial charge in [-0.2, -0.15) is 18.2 Å². The SMILES string of the molecule is COc1ccc(F)c(CC(N[C-]=O)C(=O)O)c1.CSC.[Fm]. The number of carbonyl (C=O) groups is 1. The van der Waals surface area contributed by atoms with E-state index in [2.05, 4.69) is 0 Å². The van der Waals surface area contributed by atoms with E-state index >= 15 is 0 Å². The maximum Gasteiger partial charge on any atom is 0.323 e. The van der Waals surface area contributed by atoms with E-state index in [4.69, 9.17) is 9.84 Å². The van der Waals surface area contributed by atoms with Gasteiger partial charge in [-0.1, -0.05) is 0 Å². The molecule has 0 aromatic heterocycles. The number of carbonyl (C=O) groups excluding carboxylic acids is 1. The zero-order valence-electron chi connectivity index (χ0n) is 11.8. The van der Waals surface area contributed by atoms with E-state index in [1.807, 2.05) is 17.8 Å². The van der Waals surface area contributed by atoms with E-state index in [1.54, 1.807) is 11.8 Å². The quantitative estimate of drug-likeness (QED) is 0.408. The van der Waals surface area contributed by atoms with Crippen LogP contribution in [0.2, 0.25) is 0 Å². The summed E-state index contributed by atoms with van der Waals surface area (Å²) >= 11 is 1.75. The Labute approximate surface area is 121 Å². The number of benzene rings is 1. The van der Waals surface area contributed by atoms with Crippen molar-refractivity contribution in [2.75, 3.05) is 19.6 Å². The van der Waals surface area contributed by atoms with Gasteiger partial charge in [-0.3, -0.25) is 4.79 Å². The molecule has 0 radical (unpaired) electrons. The smallest absolute Gasteiger partial charge is 0.323 e. The van der Waals surface area contributed by atoms with E-state index < -0.39 is 17.8 Å². The Kier molecular flexibility index (Phi) is 10.9. The van der Waals surface area contributed by atoms with Crippen LogP contribution in [-0.2, 0) is 16.0 Å². The van der Waals surface area contributed by atoms with Crippen LogP contribution >= 0.6 is 11.8 Å². The topological polar surface area (TPSA) is 75.6 Å². The van der Waals surface area contributed by atoms with Gasteiger partial charge in [-0.05, 0) is 36.3 Å². The van der Waals surface area contributed by atoms with Crippen molar-refractivity contribution in [1.29, 1.82) is 0 Å². The molecule has 1 rings (SSSR count). The van der Waals surface area contributed by atoms with Crippen LogP contribution in [0.1, 0.15) is 5.56 Å². The number of aliphatic carboxylic acids is 1. The van der Waals surface area contributed by atoms with Crippen molar-refractivity contribution in [2.24, 2.45) is 0 Å². The molecule has 2 N–H and O–H groups in total. The molecular formula is C13H17FFmNO4S-. The summed E-state index contributed by atoms with van der Waals surface area (Å²) in [5.74, 6) is -1.39. The summed E-state index contributed by atoms with van der Waals surface area (Å²) in [6.45, 7) is 0. The summed E-state index contributed by atoms with van der Waals surface area (Å²) in [5, 5.41) is 10.8. The van der Waals surface area contributed by atoms with Gasteiger partial charge in [0.2, 0.25) is 0 Å². The Morgan fingerprint density at radius 3 is 2.52 bits per heavy atom. The summed E-state index contributed by atoms with van der Waals surface area (Å²) in [5.41, 5.74) is 0.152. The Hall–Kier alpha value is -2.76. The third-order valence-electron chi connectivity index (χ3n) is 2.21. The van der Waals surface area contributed by atoms with Gasteiger partial charge >= 0.3 is 5.97 Å². The van der Waals surface area contributed by atoms with Gasteiger partial charge in [-0.15, -0.1) is 0 Å². The zero-order valence-corrected chi connectivity index (χ0v) is 15.0. The van der Waals surface area contributed by atoms with Gasteiger partial charge in [0, 0.05) is 6.42 Å². The molecule has 1 aromatic carbocycles. The van der Waals surface area contributed by atoms with E-state index in [-0.39, 0.29) is 12.0 Å². The fourth-order valence-electron chi connectivity index (χ4n) is 1.33. The molecule has 1 amide bonds. The van der Waals surface area contributed by atoms with Gasteiger partial charge in [0.1, 0.15) is 17.6 Å². The second kappa shape index (κ2) is 11.1. The van der Waals surface area contributed by atoms with Crippen molar-refractivity contribution in [3.05, 3.63) is 29.6 Å². The number of halogens is 1. The van der Waals surface area contributed by atoms with Crippen molar-refractivity contribution in [1.82, 2.24) is 5.32 Å². The number of thioether (sulfide) groups is 1. The second-order valence-corrected chi connectivity index (χ2v) is 4.52. The molecule has 1 aromatic rings.